The van der Waals surface area contributed by atoms with E-state index in [9.17, 15) is 4.79 Å². The molecule has 0 saturated heterocycles. The van der Waals surface area contributed by atoms with Crippen LogP contribution in [0.15, 0.2) is 54.6 Å². The minimum atomic E-state index is -0.151. The number of hydrogen-bond donors (Lipinski definition) is 0. The molecule has 1 fully saturated rings. The fraction of sp³-hybridized carbons (Fsp3) is 0.450. The van der Waals surface area contributed by atoms with Gasteiger partial charge in [-0.2, -0.15) is 0 Å². The molecule has 110 valence electrons. The zero-order valence-electron chi connectivity index (χ0n) is 12.6. The highest BCUT2D eigenvalue weighted by atomic mass is 16.1. The molecule has 1 nitrogen and oxygen atoms in total. The monoisotopic (exact) mass is 280 g/mol. The quantitative estimate of drug-likeness (QED) is 0.718. The molecule has 0 amide bonds. The third-order valence-corrected chi connectivity index (χ3v) is 5.05. The van der Waals surface area contributed by atoms with Gasteiger partial charge in [0, 0.05) is 6.42 Å². The van der Waals surface area contributed by atoms with E-state index in [0.717, 1.165) is 38.5 Å². The largest absolute Gasteiger partial charge is 0.299 e. The average Bonchev–Trinajstić information content (AvgIpc) is 2.92. The minimum absolute atomic E-state index is 0.151. The molecule has 2 aliphatic rings. The predicted molar refractivity (Wildman–Crippen MR) is 87.1 cm³/mol. The van der Waals surface area contributed by atoms with Gasteiger partial charge in [-0.3, -0.25) is 4.79 Å². The third-order valence-electron chi connectivity index (χ3n) is 5.05. The van der Waals surface area contributed by atoms with Gasteiger partial charge in [0.05, 0.1) is 5.41 Å². The number of carbonyl (C=O) groups excluding carboxylic acids is 1. The Morgan fingerprint density at radius 3 is 2.90 bits per heavy atom. The van der Waals surface area contributed by atoms with Gasteiger partial charge in [0.25, 0.3) is 0 Å². The molecule has 0 bridgehead atoms. The van der Waals surface area contributed by atoms with Gasteiger partial charge >= 0.3 is 0 Å². The lowest BCUT2D eigenvalue weighted by Gasteiger charge is -2.32. The summed E-state index contributed by atoms with van der Waals surface area (Å²) in [4.78, 5) is 12.4. The average molecular weight is 280 g/mol. The molecule has 0 aromatic heterocycles. The van der Waals surface area contributed by atoms with Crippen LogP contribution in [-0.2, 0) is 11.2 Å². The molecule has 0 heterocycles. The molecule has 0 unspecified atom stereocenters. The van der Waals surface area contributed by atoms with E-state index in [0.29, 0.717) is 11.7 Å². The van der Waals surface area contributed by atoms with E-state index in [1.54, 1.807) is 0 Å². The molecule has 1 heteroatoms. The van der Waals surface area contributed by atoms with Gasteiger partial charge in [-0.15, -0.1) is 0 Å². The van der Waals surface area contributed by atoms with Crippen LogP contribution in [0, 0.1) is 11.3 Å². The molecule has 1 saturated carbocycles. The van der Waals surface area contributed by atoms with Crippen LogP contribution in [-0.4, -0.2) is 5.78 Å². The Hall–Kier alpha value is -1.63. The van der Waals surface area contributed by atoms with Gasteiger partial charge in [0.1, 0.15) is 5.78 Å². The summed E-state index contributed by atoms with van der Waals surface area (Å²) in [6.07, 6.45) is 16.3. The molecule has 0 aliphatic heterocycles. The Morgan fingerprint density at radius 2 is 2.10 bits per heavy atom. The number of hydrogen-bond acceptors (Lipinski definition) is 1. The third kappa shape index (κ3) is 3.02. The van der Waals surface area contributed by atoms with Crippen LogP contribution in [0.4, 0.5) is 0 Å². The maximum Gasteiger partial charge on any atom is 0.143 e. The Kier molecular flexibility index (Phi) is 4.38. The van der Waals surface area contributed by atoms with E-state index in [1.807, 2.05) is 0 Å². The summed E-state index contributed by atoms with van der Waals surface area (Å²) in [6, 6.07) is 10.6. The first-order valence-corrected chi connectivity index (χ1v) is 8.23. The highest BCUT2D eigenvalue weighted by Gasteiger charge is 2.45. The molecule has 0 radical (unpaired) electrons. The zero-order valence-corrected chi connectivity index (χ0v) is 12.6. The highest BCUT2D eigenvalue weighted by Crippen LogP contribution is 2.48. The van der Waals surface area contributed by atoms with Gasteiger partial charge in [-0.25, -0.2) is 0 Å². The summed E-state index contributed by atoms with van der Waals surface area (Å²) in [5.41, 5.74) is 1.23. The van der Waals surface area contributed by atoms with Crippen molar-refractivity contribution in [2.24, 2.45) is 11.3 Å². The Balaban J connectivity index is 1.61. The molecule has 2 atom stereocenters. The SMILES string of the molecule is O=C1CCC=C[C@@]12CCC[C@@H]2/C=C/CCc1ccccc1. The van der Waals surface area contributed by atoms with E-state index in [2.05, 4.69) is 54.6 Å². The number of ketones is 1. The molecule has 0 N–H and O–H groups in total. The zero-order chi connectivity index (χ0) is 14.5. The van der Waals surface area contributed by atoms with Crippen molar-refractivity contribution in [3.05, 3.63) is 60.2 Å². The second-order valence-corrected chi connectivity index (χ2v) is 6.36. The van der Waals surface area contributed by atoms with E-state index >= 15 is 0 Å². The number of Topliss-reactive ketones (excluding diaryl/α,β-unsaturated/α-hetero) is 1. The summed E-state index contributed by atoms with van der Waals surface area (Å²) >= 11 is 0. The topological polar surface area (TPSA) is 17.1 Å². The van der Waals surface area contributed by atoms with E-state index < -0.39 is 0 Å². The van der Waals surface area contributed by atoms with Gasteiger partial charge in [-0.1, -0.05) is 61.1 Å². The Morgan fingerprint density at radius 1 is 1.24 bits per heavy atom. The number of carbonyl (C=O) groups is 1. The Labute approximate surface area is 127 Å². The first-order valence-electron chi connectivity index (χ1n) is 8.23. The van der Waals surface area contributed by atoms with Crippen molar-refractivity contribution in [3.63, 3.8) is 0 Å². The predicted octanol–water partition coefficient (Wildman–Crippen LogP) is 4.88. The summed E-state index contributed by atoms with van der Waals surface area (Å²) < 4.78 is 0. The highest BCUT2D eigenvalue weighted by molar-refractivity contribution is 5.88. The van der Waals surface area contributed by atoms with Crippen molar-refractivity contribution in [2.45, 2.75) is 44.9 Å². The first-order chi connectivity index (χ1) is 10.3. The van der Waals surface area contributed by atoms with Crippen molar-refractivity contribution in [2.75, 3.05) is 0 Å². The van der Waals surface area contributed by atoms with Gasteiger partial charge < -0.3 is 0 Å². The smallest absolute Gasteiger partial charge is 0.143 e. The second kappa shape index (κ2) is 6.43. The lowest BCUT2D eigenvalue weighted by atomic mass is 9.70. The summed E-state index contributed by atoms with van der Waals surface area (Å²) in [5.74, 6) is 0.900. The standard InChI is InChI=1S/C20H24O/c21-19-14-6-7-15-20(19)16-8-13-18(20)12-5-4-11-17-9-2-1-3-10-17/h1-3,5,7,9-10,12,15,18H,4,6,8,11,13-14,16H2/b12-5+/t18-,20-/m0/s1. The second-order valence-electron chi connectivity index (χ2n) is 6.36. The molecule has 1 aromatic carbocycles. The van der Waals surface area contributed by atoms with E-state index in [4.69, 9.17) is 0 Å². The molecule has 1 spiro atoms. The Bertz CT molecular complexity index is 540. The minimum Gasteiger partial charge on any atom is -0.299 e. The van der Waals surface area contributed by atoms with Crippen molar-refractivity contribution < 1.29 is 4.79 Å². The molecule has 21 heavy (non-hydrogen) atoms. The van der Waals surface area contributed by atoms with Gasteiger partial charge in [0.2, 0.25) is 0 Å². The van der Waals surface area contributed by atoms with Crippen LogP contribution >= 0.6 is 0 Å². The van der Waals surface area contributed by atoms with Gasteiger partial charge in [-0.05, 0) is 43.6 Å². The van der Waals surface area contributed by atoms with Crippen molar-refractivity contribution in [1.29, 1.82) is 0 Å². The summed E-state index contributed by atoms with van der Waals surface area (Å²) in [5, 5.41) is 0. The molecule has 2 aliphatic carbocycles. The lowest BCUT2D eigenvalue weighted by Crippen LogP contribution is -2.33. The van der Waals surface area contributed by atoms with Crippen molar-refractivity contribution >= 4 is 5.78 Å². The molecular weight excluding hydrogens is 256 g/mol. The maximum absolute atomic E-state index is 12.4. The fourth-order valence-corrected chi connectivity index (χ4v) is 3.87. The normalized spacial score (nSPS) is 28.8. The van der Waals surface area contributed by atoms with Crippen LogP contribution in [0.3, 0.4) is 0 Å². The van der Waals surface area contributed by atoms with Crippen molar-refractivity contribution in [3.8, 4) is 0 Å². The number of allylic oxidation sites excluding steroid dienone is 4. The summed E-state index contributed by atoms with van der Waals surface area (Å²) in [6.45, 7) is 0. The first kappa shape index (κ1) is 14.3. The van der Waals surface area contributed by atoms with Crippen molar-refractivity contribution in [1.82, 2.24) is 0 Å². The number of benzene rings is 1. The van der Waals surface area contributed by atoms with Crippen LogP contribution in [0.5, 0.6) is 0 Å². The maximum atomic E-state index is 12.4. The van der Waals surface area contributed by atoms with Crippen LogP contribution in [0.25, 0.3) is 0 Å². The number of aryl methyl sites for hydroxylation is 1. The molecular formula is C20H24O. The fourth-order valence-electron chi connectivity index (χ4n) is 3.87. The van der Waals surface area contributed by atoms with E-state index in [-0.39, 0.29) is 5.41 Å². The lowest BCUT2D eigenvalue weighted by molar-refractivity contribution is -0.127. The van der Waals surface area contributed by atoms with Crippen LogP contribution in [0.1, 0.15) is 44.1 Å². The molecule has 1 aromatic rings. The van der Waals surface area contributed by atoms with Crippen LogP contribution < -0.4 is 0 Å². The van der Waals surface area contributed by atoms with Gasteiger partial charge in [0.15, 0.2) is 0 Å². The van der Waals surface area contributed by atoms with E-state index in [1.165, 1.54) is 12.0 Å². The summed E-state index contributed by atoms with van der Waals surface area (Å²) in [7, 11) is 0. The molecule has 3 rings (SSSR count). The number of rotatable bonds is 4. The van der Waals surface area contributed by atoms with Crippen LogP contribution in [0.2, 0.25) is 0 Å².